The van der Waals surface area contributed by atoms with Gasteiger partial charge in [-0.3, -0.25) is 0 Å². The van der Waals surface area contributed by atoms with Crippen LogP contribution in [0, 0.1) is 6.92 Å². The highest BCUT2D eigenvalue weighted by Gasteiger charge is 2.30. The molecule has 0 saturated heterocycles. The molecule has 0 bridgehead atoms. The van der Waals surface area contributed by atoms with Gasteiger partial charge in [0.15, 0.2) is 0 Å². The van der Waals surface area contributed by atoms with Crippen molar-refractivity contribution in [3.8, 4) is 11.3 Å². The summed E-state index contributed by atoms with van der Waals surface area (Å²) in [7, 11) is 1.81. The van der Waals surface area contributed by atoms with E-state index in [-0.39, 0.29) is 0 Å². The van der Waals surface area contributed by atoms with Crippen LogP contribution in [-0.4, -0.2) is 9.55 Å². The summed E-state index contributed by atoms with van der Waals surface area (Å²) in [6.45, 7) is 1.83. The number of nitrogens with zero attached hydrogens (tertiary/aromatic N) is 2. The molecule has 2 nitrogen and oxygen atoms in total. The summed E-state index contributed by atoms with van der Waals surface area (Å²) < 4.78 is 39.0. The highest BCUT2D eigenvalue weighted by Crippen LogP contribution is 2.31. The molecule has 90 valence electrons. The quantitative estimate of drug-likeness (QED) is 0.746. The van der Waals surface area contributed by atoms with Gasteiger partial charge in [0.05, 0.1) is 23.3 Å². The van der Waals surface area contributed by atoms with E-state index in [0.717, 1.165) is 29.1 Å². The molecular weight excluding hydrogens is 229 g/mol. The molecule has 1 aromatic heterocycles. The fraction of sp³-hybridized carbons (Fsp3) is 0.250. The Kier molecular flexibility index (Phi) is 2.69. The van der Waals surface area contributed by atoms with Gasteiger partial charge < -0.3 is 4.57 Å². The molecule has 5 heteroatoms. The third-order valence-electron chi connectivity index (χ3n) is 2.61. The van der Waals surface area contributed by atoms with Crippen molar-refractivity contribution >= 4 is 0 Å². The summed E-state index contributed by atoms with van der Waals surface area (Å²) in [6, 6.07) is 5.10. The van der Waals surface area contributed by atoms with E-state index in [1.165, 1.54) is 12.1 Å². The normalized spacial score (nSPS) is 11.8. The zero-order valence-corrected chi connectivity index (χ0v) is 9.42. The van der Waals surface area contributed by atoms with Crippen LogP contribution in [0.1, 0.15) is 11.3 Å². The van der Waals surface area contributed by atoms with E-state index in [2.05, 4.69) is 4.98 Å². The van der Waals surface area contributed by atoms with Gasteiger partial charge in [-0.15, -0.1) is 0 Å². The zero-order valence-electron chi connectivity index (χ0n) is 9.42. The molecule has 0 aliphatic carbocycles. The molecular formula is C12H11F3N2. The van der Waals surface area contributed by atoms with E-state index in [1.807, 2.05) is 14.0 Å². The Morgan fingerprint density at radius 1 is 1.12 bits per heavy atom. The van der Waals surface area contributed by atoms with Gasteiger partial charge in [-0.1, -0.05) is 12.1 Å². The Hall–Kier alpha value is -1.78. The van der Waals surface area contributed by atoms with Crippen LogP contribution in [0.3, 0.4) is 0 Å². The molecule has 0 saturated carbocycles. The summed E-state index contributed by atoms with van der Waals surface area (Å²) in [4.78, 5) is 4.10. The molecule has 0 N–H and O–H groups in total. The number of hydrogen-bond donors (Lipinski definition) is 0. The fourth-order valence-electron chi connectivity index (χ4n) is 1.78. The van der Waals surface area contributed by atoms with Crippen LogP contribution in [0.15, 0.2) is 30.6 Å². The number of imidazole rings is 1. The van der Waals surface area contributed by atoms with Gasteiger partial charge in [-0.2, -0.15) is 13.2 Å². The predicted octanol–water partition coefficient (Wildman–Crippen LogP) is 3.41. The standard InChI is InChI=1S/C12H11F3N2/c1-8-11(17(2)7-16-8)9-3-5-10(6-4-9)12(13,14)15/h3-7H,1-2H3. The van der Waals surface area contributed by atoms with Crippen LogP contribution in [0.5, 0.6) is 0 Å². The van der Waals surface area contributed by atoms with Crippen molar-refractivity contribution in [2.75, 3.05) is 0 Å². The van der Waals surface area contributed by atoms with Crippen LogP contribution in [0.25, 0.3) is 11.3 Å². The Morgan fingerprint density at radius 2 is 1.71 bits per heavy atom. The Labute approximate surface area is 96.7 Å². The number of rotatable bonds is 1. The molecule has 0 spiro atoms. The molecule has 0 aliphatic heterocycles. The first kappa shape index (κ1) is 11.7. The highest BCUT2D eigenvalue weighted by atomic mass is 19.4. The fourth-order valence-corrected chi connectivity index (χ4v) is 1.78. The molecule has 1 heterocycles. The molecule has 0 aliphatic rings. The van der Waals surface area contributed by atoms with Crippen molar-refractivity contribution < 1.29 is 13.2 Å². The Balaban J connectivity index is 2.43. The molecule has 2 rings (SSSR count). The zero-order chi connectivity index (χ0) is 12.6. The Morgan fingerprint density at radius 3 is 2.12 bits per heavy atom. The first-order valence-electron chi connectivity index (χ1n) is 5.05. The summed E-state index contributed by atoms with van der Waals surface area (Å²) in [5, 5.41) is 0. The van der Waals surface area contributed by atoms with E-state index < -0.39 is 11.7 Å². The van der Waals surface area contributed by atoms with Gasteiger partial charge in [0.1, 0.15) is 0 Å². The van der Waals surface area contributed by atoms with Crippen LogP contribution in [0.2, 0.25) is 0 Å². The van der Waals surface area contributed by atoms with E-state index in [9.17, 15) is 13.2 Å². The first-order chi connectivity index (χ1) is 7.89. The molecule has 0 amide bonds. The van der Waals surface area contributed by atoms with E-state index in [0.29, 0.717) is 0 Å². The molecule has 17 heavy (non-hydrogen) atoms. The van der Waals surface area contributed by atoms with Gasteiger partial charge in [-0.25, -0.2) is 4.98 Å². The lowest BCUT2D eigenvalue weighted by Crippen LogP contribution is -2.04. The van der Waals surface area contributed by atoms with Gasteiger partial charge in [0.2, 0.25) is 0 Å². The van der Waals surface area contributed by atoms with Crippen LogP contribution >= 0.6 is 0 Å². The minimum absolute atomic E-state index is 0.638. The van der Waals surface area contributed by atoms with E-state index in [4.69, 9.17) is 0 Å². The maximum Gasteiger partial charge on any atom is 0.416 e. The van der Waals surface area contributed by atoms with Crippen LogP contribution < -0.4 is 0 Å². The average Bonchev–Trinajstić information content (AvgIpc) is 2.58. The van der Waals surface area contributed by atoms with E-state index in [1.54, 1.807) is 10.9 Å². The molecule has 1 aromatic carbocycles. The van der Waals surface area contributed by atoms with Crippen molar-refractivity contribution in [1.29, 1.82) is 0 Å². The number of benzene rings is 1. The second-order valence-electron chi connectivity index (χ2n) is 3.86. The molecule has 0 radical (unpaired) electrons. The first-order valence-corrected chi connectivity index (χ1v) is 5.05. The summed E-state index contributed by atoms with van der Waals surface area (Å²) in [5.41, 5.74) is 1.72. The van der Waals surface area contributed by atoms with Gasteiger partial charge in [0.25, 0.3) is 0 Å². The van der Waals surface area contributed by atoms with Crippen LogP contribution in [-0.2, 0) is 13.2 Å². The predicted molar refractivity (Wildman–Crippen MR) is 58.4 cm³/mol. The third kappa shape index (κ3) is 2.18. The van der Waals surface area contributed by atoms with Crippen molar-refractivity contribution in [2.45, 2.75) is 13.1 Å². The smallest absolute Gasteiger partial charge is 0.334 e. The summed E-state index contributed by atoms with van der Waals surface area (Å²) in [6.07, 6.45) is -2.65. The minimum atomic E-state index is -4.29. The lowest BCUT2D eigenvalue weighted by molar-refractivity contribution is -0.137. The van der Waals surface area contributed by atoms with Crippen molar-refractivity contribution in [3.63, 3.8) is 0 Å². The summed E-state index contributed by atoms with van der Waals surface area (Å²) in [5.74, 6) is 0. The number of alkyl halides is 3. The van der Waals surface area contributed by atoms with E-state index >= 15 is 0 Å². The Bertz CT molecular complexity index is 504. The average molecular weight is 240 g/mol. The lowest BCUT2D eigenvalue weighted by Gasteiger charge is -2.08. The van der Waals surface area contributed by atoms with Crippen LogP contribution in [0.4, 0.5) is 13.2 Å². The summed E-state index contributed by atoms with van der Waals surface area (Å²) >= 11 is 0. The minimum Gasteiger partial charge on any atom is -0.334 e. The largest absolute Gasteiger partial charge is 0.416 e. The van der Waals surface area contributed by atoms with Gasteiger partial charge >= 0.3 is 6.18 Å². The molecule has 0 unspecified atom stereocenters. The number of hydrogen-bond acceptors (Lipinski definition) is 1. The van der Waals surface area contributed by atoms with Gasteiger partial charge in [-0.05, 0) is 19.1 Å². The maximum atomic E-state index is 12.4. The second kappa shape index (κ2) is 3.91. The van der Waals surface area contributed by atoms with Crippen molar-refractivity contribution in [1.82, 2.24) is 9.55 Å². The number of aromatic nitrogens is 2. The monoisotopic (exact) mass is 240 g/mol. The second-order valence-corrected chi connectivity index (χ2v) is 3.86. The number of halogens is 3. The van der Waals surface area contributed by atoms with Crippen molar-refractivity contribution in [3.05, 3.63) is 41.9 Å². The number of aryl methyl sites for hydroxylation is 2. The lowest BCUT2D eigenvalue weighted by atomic mass is 10.1. The van der Waals surface area contributed by atoms with Crippen molar-refractivity contribution in [2.24, 2.45) is 7.05 Å². The molecule has 0 fully saturated rings. The highest BCUT2D eigenvalue weighted by molar-refractivity contribution is 5.62. The SMILES string of the molecule is Cc1ncn(C)c1-c1ccc(C(F)(F)F)cc1. The third-order valence-corrected chi connectivity index (χ3v) is 2.61. The topological polar surface area (TPSA) is 17.8 Å². The van der Waals surface area contributed by atoms with Gasteiger partial charge in [0, 0.05) is 12.6 Å². The maximum absolute atomic E-state index is 12.4. The molecule has 2 aromatic rings. The molecule has 0 atom stereocenters.